The van der Waals surface area contributed by atoms with Crippen molar-refractivity contribution in [3.8, 4) is 0 Å². The van der Waals surface area contributed by atoms with Gasteiger partial charge in [-0.3, -0.25) is 9.48 Å². The molecule has 1 saturated carbocycles. The average Bonchev–Trinajstić information content (AvgIpc) is 3.34. The van der Waals surface area contributed by atoms with Crippen LogP contribution in [-0.4, -0.2) is 26.6 Å². The molecule has 1 amide bonds. The van der Waals surface area contributed by atoms with Crippen molar-refractivity contribution in [2.75, 3.05) is 0 Å². The van der Waals surface area contributed by atoms with Crippen LogP contribution in [0.5, 0.6) is 0 Å². The molecule has 0 aliphatic heterocycles. The van der Waals surface area contributed by atoms with Crippen molar-refractivity contribution >= 4 is 5.91 Å². The lowest BCUT2D eigenvalue weighted by molar-refractivity contribution is -0.132. The third kappa shape index (κ3) is 3.63. The van der Waals surface area contributed by atoms with Crippen molar-refractivity contribution < 1.29 is 4.79 Å². The predicted octanol–water partition coefficient (Wildman–Crippen LogP) is 3.16. The molecule has 0 unspecified atom stereocenters. The SMILES string of the molecule is Cc1nn(C)c(C)c1CCC(=O)N(Cc1ccccc1)C1CC1. The predicted molar refractivity (Wildman–Crippen MR) is 91.0 cm³/mol. The number of aryl methyl sites for hydroxylation is 2. The summed E-state index contributed by atoms with van der Waals surface area (Å²) in [7, 11) is 1.96. The minimum Gasteiger partial charge on any atom is -0.335 e. The summed E-state index contributed by atoms with van der Waals surface area (Å²) >= 11 is 0. The molecule has 1 aliphatic rings. The van der Waals surface area contributed by atoms with Crippen LogP contribution in [0, 0.1) is 13.8 Å². The topological polar surface area (TPSA) is 38.1 Å². The minimum atomic E-state index is 0.263. The number of nitrogens with zero attached hydrogens (tertiary/aromatic N) is 3. The van der Waals surface area contributed by atoms with E-state index in [2.05, 4.69) is 29.1 Å². The zero-order chi connectivity index (χ0) is 16.4. The molecule has 0 spiro atoms. The fraction of sp³-hybridized carbons (Fsp3) is 0.474. The highest BCUT2D eigenvalue weighted by molar-refractivity contribution is 5.77. The standard InChI is InChI=1S/C19H25N3O/c1-14-18(15(2)21(3)20-14)11-12-19(23)22(17-9-10-17)13-16-7-5-4-6-8-16/h4-8,17H,9-13H2,1-3H3. The molecule has 0 radical (unpaired) electrons. The first-order valence-corrected chi connectivity index (χ1v) is 8.38. The van der Waals surface area contributed by atoms with Gasteiger partial charge in [-0.25, -0.2) is 0 Å². The highest BCUT2D eigenvalue weighted by atomic mass is 16.2. The van der Waals surface area contributed by atoms with Gasteiger partial charge in [-0.05, 0) is 44.2 Å². The summed E-state index contributed by atoms with van der Waals surface area (Å²) in [5, 5.41) is 4.44. The first-order chi connectivity index (χ1) is 11.1. The Bertz CT molecular complexity index is 686. The Morgan fingerprint density at radius 1 is 1.26 bits per heavy atom. The third-order valence-corrected chi connectivity index (χ3v) is 4.75. The summed E-state index contributed by atoms with van der Waals surface area (Å²) in [5.74, 6) is 0.263. The van der Waals surface area contributed by atoms with Crippen LogP contribution in [0.4, 0.5) is 0 Å². The smallest absolute Gasteiger partial charge is 0.223 e. The summed E-state index contributed by atoms with van der Waals surface area (Å²) < 4.78 is 1.90. The van der Waals surface area contributed by atoms with Crippen LogP contribution < -0.4 is 0 Å². The maximum Gasteiger partial charge on any atom is 0.223 e. The highest BCUT2D eigenvalue weighted by Crippen LogP contribution is 2.29. The van der Waals surface area contributed by atoms with Crippen LogP contribution in [0.2, 0.25) is 0 Å². The average molecular weight is 311 g/mol. The Morgan fingerprint density at radius 2 is 1.96 bits per heavy atom. The number of hydrogen-bond donors (Lipinski definition) is 0. The molecule has 0 atom stereocenters. The normalized spacial score (nSPS) is 14.0. The summed E-state index contributed by atoms with van der Waals surface area (Å²) in [5.41, 5.74) is 4.63. The number of carbonyl (C=O) groups excluding carboxylic acids is 1. The summed E-state index contributed by atoms with van der Waals surface area (Å²) in [6.45, 7) is 4.83. The number of aromatic nitrogens is 2. The van der Waals surface area contributed by atoms with E-state index in [1.165, 1.54) is 11.1 Å². The van der Waals surface area contributed by atoms with E-state index in [1.807, 2.05) is 36.9 Å². The van der Waals surface area contributed by atoms with Gasteiger partial charge in [0.05, 0.1) is 5.69 Å². The van der Waals surface area contributed by atoms with Gasteiger partial charge in [-0.15, -0.1) is 0 Å². The van der Waals surface area contributed by atoms with E-state index in [-0.39, 0.29) is 5.91 Å². The molecular formula is C19H25N3O. The van der Waals surface area contributed by atoms with Crippen LogP contribution >= 0.6 is 0 Å². The molecule has 0 bridgehead atoms. The van der Waals surface area contributed by atoms with Crippen molar-refractivity contribution in [3.63, 3.8) is 0 Å². The van der Waals surface area contributed by atoms with E-state index >= 15 is 0 Å². The number of benzene rings is 1. The largest absolute Gasteiger partial charge is 0.335 e. The first-order valence-electron chi connectivity index (χ1n) is 8.38. The van der Waals surface area contributed by atoms with E-state index in [0.29, 0.717) is 12.5 Å². The molecule has 4 heteroatoms. The summed E-state index contributed by atoms with van der Waals surface area (Å²) in [6.07, 6.45) is 3.63. The van der Waals surface area contributed by atoms with E-state index in [9.17, 15) is 4.79 Å². The molecule has 122 valence electrons. The van der Waals surface area contributed by atoms with Crippen LogP contribution in [-0.2, 0) is 24.8 Å². The molecular weight excluding hydrogens is 286 g/mol. The number of hydrogen-bond acceptors (Lipinski definition) is 2. The maximum absolute atomic E-state index is 12.7. The van der Waals surface area contributed by atoms with Crippen molar-refractivity contribution in [1.29, 1.82) is 0 Å². The molecule has 3 rings (SSSR count). The Kier molecular flexibility index (Phi) is 4.51. The van der Waals surface area contributed by atoms with Crippen LogP contribution in [0.3, 0.4) is 0 Å². The lowest BCUT2D eigenvalue weighted by atomic mass is 10.1. The molecule has 1 fully saturated rings. The number of carbonyl (C=O) groups is 1. The molecule has 1 aromatic heterocycles. The van der Waals surface area contributed by atoms with E-state index in [1.54, 1.807) is 0 Å². The van der Waals surface area contributed by atoms with Crippen molar-refractivity contribution in [3.05, 3.63) is 52.8 Å². The van der Waals surface area contributed by atoms with Gasteiger partial charge in [0.25, 0.3) is 0 Å². The highest BCUT2D eigenvalue weighted by Gasteiger charge is 2.32. The van der Waals surface area contributed by atoms with Gasteiger partial charge in [0.2, 0.25) is 5.91 Å². The minimum absolute atomic E-state index is 0.263. The molecule has 0 N–H and O–H groups in total. The Morgan fingerprint density at radius 3 is 2.52 bits per heavy atom. The second-order valence-electron chi connectivity index (χ2n) is 6.51. The van der Waals surface area contributed by atoms with Gasteiger partial charge in [0, 0.05) is 31.7 Å². The monoisotopic (exact) mass is 311 g/mol. The molecule has 4 nitrogen and oxygen atoms in total. The van der Waals surface area contributed by atoms with Crippen LogP contribution in [0.25, 0.3) is 0 Å². The van der Waals surface area contributed by atoms with Crippen LogP contribution in [0.15, 0.2) is 30.3 Å². The van der Waals surface area contributed by atoms with Crippen molar-refractivity contribution in [2.24, 2.45) is 7.05 Å². The Balaban J connectivity index is 1.65. The fourth-order valence-electron chi connectivity index (χ4n) is 3.14. The Labute approximate surface area is 138 Å². The second-order valence-corrected chi connectivity index (χ2v) is 6.51. The molecule has 2 aromatic rings. The zero-order valence-electron chi connectivity index (χ0n) is 14.2. The van der Waals surface area contributed by atoms with Crippen LogP contribution in [0.1, 0.15) is 41.8 Å². The maximum atomic E-state index is 12.7. The molecule has 1 aromatic carbocycles. The van der Waals surface area contributed by atoms with Gasteiger partial charge in [0.15, 0.2) is 0 Å². The lowest BCUT2D eigenvalue weighted by Crippen LogP contribution is -2.32. The van der Waals surface area contributed by atoms with Crippen molar-refractivity contribution in [1.82, 2.24) is 14.7 Å². The van der Waals surface area contributed by atoms with Gasteiger partial charge in [-0.1, -0.05) is 30.3 Å². The van der Waals surface area contributed by atoms with Gasteiger partial charge < -0.3 is 4.90 Å². The summed E-state index contributed by atoms with van der Waals surface area (Å²) in [4.78, 5) is 14.8. The molecule has 1 aliphatic carbocycles. The van der Waals surface area contributed by atoms with Gasteiger partial charge in [0.1, 0.15) is 0 Å². The van der Waals surface area contributed by atoms with E-state index in [4.69, 9.17) is 0 Å². The second kappa shape index (κ2) is 6.57. The zero-order valence-corrected chi connectivity index (χ0v) is 14.2. The third-order valence-electron chi connectivity index (χ3n) is 4.75. The first kappa shape index (κ1) is 15.8. The van der Waals surface area contributed by atoms with Crippen molar-refractivity contribution in [2.45, 2.75) is 52.1 Å². The molecule has 0 saturated heterocycles. The number of amides is 1. The van der Waals surface area contributed by atoms with Gasteiger partial charge >= 0.3 is 0 Å². The summed E-state index contributed by atoms with van der Waals surface area (Å²) in [6, 6.07) is 10.7. The van der Waals surface area contributed by atoms with E-state index < -0.39 is 0 Å². The molecule has 1 heterocycles. The molecule has 23 heavy (non-hydrogen) atoms. The lowest BCUT2D eigenvalue weighted by Gasteiger charge is -2.22. The quantitative estimate of drug-likeness (QED) is 0.822. The Hall–Kier alpha value is -2.10. The fourth-order valence-corrected chi connectivity index (χ4v) is 3.14. The van der Waals surface area contributed by atoms with E-state index in [0.717, 1.165) is 37.2 Å². The number of rotatable bonds is 6. The van der Waals surface area contributed by atoms with Gasteiger partial charge in [-0.2, -0.15) is 5.10 Å².